The van der Waals surface area contributed by atoms with Crippen molar-refractivity contribution in [3.63, 3.8) is 0 Å². The molecule has 0 spiro atoms. The normalized spacial score (nSPS) is 29.1. The summed E-state index contributed by atoms with van der Waals surface area (Å²) in [7, 11) is 0. The van der Waals surface area contributed by atoms with Gasteiger partial charge in [-0.15, -0.1) is 0 Å². The second kappa shape index (κ2) is 5.54. The van der Waals surface area contributed by atoms with Crippen LogP contribution < -0.4 is 0 Å². The molecule has 19 heavy (non-hydrogen) atoms. The van der Waals surface area contributed by atoms with Gasteiger partial charge in [0.25, 0.3) is 0 Å². The van der Waals surface area contributed by atoms with Crippen LogP contribution in [0.25, 0.3) is 0 Å². The number of carbonyl (C=O) groups excluding carboxylic acids is 1. The minimum absolute atomic E-state index is 0.287. The lowest BCUT2D eigenvalue weighted by Crippen LogP contribution is -2.08. The fourth-order valence-electron chi connectivity index (χ4n) is 2.84. The molecule has 0 heterocycles. The van der Waals surface area contributed by atoms with Gasteiger partial charge < -0.3 is 4.74 Å². The molecule has 0 bridgehead atoms. The van der Waals surface area contributed by atoms with Crippen LogP contribution in [0.4, 0.5) is 0 Å². The summed E-state index contributed by atoms with van der Waals surface area (Å²) in [6.07, 6.45) is 2.05. The first-order chi connectivity index (χ1) is 8.95. The summed E-state index contributed by atoms with van der Waals surface area (Å²) in [5.74, 6) is 1.29. The summed E-state index contributed by atoms with van der Waals surface area (Å²) >= 11 is 5.84. The van der Waals surface area contributed by atoms with Gasteiger partial charge in [-0.2, -0.15) is 0 Å². The summed E-state index contributed by atoms with van der Waals surface area (Å²) in [5.41, 5.74) is 0.967. The molecule has 1 saturated carbocycles. The maximum atomic E-state index is 11.8. The van der Waals surface area contributed by atoms with E-state index in [0.717, 1.165) is 24.7 Å². The van der Waals surface area contributed by atoms with Gasteiger partial charge >= 0.3 is 5.97 Å². The first-order valence-electron chi connectivity index (χ1n) is 6.88. The van der Waals surface area contributed by atoms with Gasteiger partial charge in [-0.05, 0) is 48.3 Å². The topological polar surface area (TPSA) is 26.3 Å². The second-order valence-corrected chi connectivity index (χ2v) is 6.27. The van der Waals surface area contributed by atoms with Gasteiger partial charge in [0, 0.05) is 5.02 Å². The van der Waals surface area contributed by atoms with Crippen molar-refractivity contribution >= 4 is 17.6 Å². The molecule has 1 aliphatic rings. The number of benzene rings is 1. The van der Waals surface area contributed by atoms with Crippen molar-refractivity contribution in [3.05, 3.63) is 34.9 Å². The zero-order valence-electron chi connectivity index (χ0n) is 11.8. The molecule has 1 aromatic carbocycles. The lowest BCUT2D eigenvalue weighted by molar-refractivity contribution is 0.0491. The van der Waals surface area contributed by atoms with E-state index in [4.69, 9.17) is 16.3 Å². The molecule has 1 fully saturated rings. The van der Waals surface area contributed by atoms with Crippen LogP contribution in [0.5, 0.6) is 0 Å². The Balaban J connectivity index is 1.73. The number of rotatable bonds is 5. The Labute approximate surface area is 120 Å². The smallest absolute Gasteiger partial charge is 0.338 e. The number of hydrogen-bond acceptors (Lipinski definition) is 2. The maximum Gasteiger partial charge on any atom is 0.338 e. The van der Waals surface area contributed by atoms with Crippen LogP contribution in [-0.4, -0.2) is 12.6 Å². The fraction of sp³-hybridized carbons (Fsp3) is 0.562. The second-order valence-electron chi connectivity index (χ2n) is 5.83. The van der Waals surface area contributed by atoms with Crippen molar-refractivity contribution in [2.75, 3.05) is 6.61 Å². The van der Waals surface area contributed by atoms with Crippen LogP contribution in [0.2, 0.25) is 5.02 Å². The highest BCUT2D eigenvalue weighted by Crippen LogP contribution is 2.60. The van der Waals surface area contributed by atoms with E-state index in [-0.39, 0.29) is 5.97 Å². The van der Waals surface area contributed by atoms with E-state index in [1.165, 1.54) is 0 Å². The Morgan fingerprint density at radius 1 is 1.37 bits per heavy atom. The molecule has 2 nitrogen and oxygen atoms in total. The van der Waals surface area contributed by atoms with E-state index in [2.05, 4.69) is 20.8 Å². The molecule has 104 valence electrons. The first-order valence-corrected chi connectivity index (χ1v) is 7.25. The molecule has 2 rings (SSSR count). The van der Waals surface area contributed by atoms with Gasteiger partial charge in [-0.1, -0.05) is 38.4 Å². The number of hydrogen-bond donors (Lipinski definition) is 0. The van der Waals surface area contributed by atoms with Gasteiger partial charge in [-0.3, -0.25) is 0 Å². The predicted molar refractivity (Wildman–Crippen MR) is 77.4 cm³/mol. The van der Waals surface area contributed by atoms with E-state index in [1.54, 1.807) is 24.3 Å². The monoisotopic (exact) mass is 280 g/mol. The quantitative estimate of drug-likeness (QED) is 0.583. The van der Waals surface area contributed by atoms with Crippen LogP contribution in [0.3, 0.4) is 0 Å². The van der Waals surface area contributed by atoms with Crippen molar-refractivity contribution in [1.82, 2.24) is 0 Å². The average molecular weight is 281 g/mol. The lowest BCUT2D eigenvalue weighted by Gasteiger charge is -2.11. The zero-order chi connectivity index (χ0) is 14.0. The SMILES string of the molecule is CC1C(C)C1(C)CCCOC(=O)c1cccc(Cl)c1. The summed E-state index contributed by atoms with van der Waals surface area (Å²) in [4.78, 5) is 11.8. The summed E-state index contributed by atoms with van der Waals surface area (Å²) < 4.78 is 5.28. The minimum Gasteiger partial charge on any atom is -0.462 e. The van der Waals surface area contributed by atoms with Gasteiger partial charge in [0.1, 0.15) is 0 Å². The number of carbonyl (C=O) groups is 1. The van der Waals surface area contributed by atoms with E-state index in [9.17, 15) is 4.79 Å². The van der Waals surface area contributed by atoms with Crippen molar-refractivity contribution in [2.45, 2.75) is 33.6 Å². The third-order valence-electron chi connectivity index (χ3n) is 4.87. The van der Waals surface area contributed by atoms with Crippen LogP contribution in [-0.2, 0) is 4.74 Å². The summed E-state index contributed by atoms with van der Waals surface area (Å²) in [6, 6.07) is 6.86. The molecule has 0 radical (unpaired) electrons. The Hall–Kier alpha value is -1.02. The Morgan fingerprint density at radius 3 is 2.63 bits per heavy atom. The third kappa shape index (κ3) is 3.11. The van der Waals surface area contributed by atoms with Crippen molar-refractivity contribution in [2.24, 2.45) is 17.3 Å². The largest absolute Gasteiger partial charge is 0.462 e. The number of esters is 1. The van der Waals surface area contributed by atoms with E-state index in [1.807, 2.05) is 0 Å². The van der Waals surface area contributed by atoms with E-state index < -0.39 is 0 Å². The Bertz CT molecular complexity index is 462. The van der Waals surface area contributed by atoms with E-state index >= 15 is 0 Å². The maximum absolute atomic E-state index is 11.8. The van der Waals surface area contributed by atoms with Gasteiger partial charge in [0.05, 0.1) is 12.2 Å². The molecule has 0 saturated heterocycles. The van der Waals surface area contributed by atoms with Crippen LogP contribution in [0.1, 0.15) is 44.0 Å². The van der Waals surface area contributed by atoms with Gasteiger partial charge in [0.15, 0.2) is 0 Å². The Morgan fingerprint density at radius 2 is 2.05 bits per heavy atom. The molecular weight excluding hydrogens is 260 g/mol. The molecule has 1 aliphatic carbocycles. The zero-order valence-corrected chi connectivity index (χ0v) is 12.5. The fourth-order valence-corrected chi connectivity index (χ4v) is 3.03. The summed E-state index contributed by atoms with van der Waals surface area (Å²) in [5, 5.41) is 0.558. The first kappa shape index (κ1) is 14.4. The molecule has 0 N–H and O–H groups in total. The third-order valence-corrected chi connectivity index (χ3v) is 5.11. The highest BCUT2D eigenvalue weighted by molar-refractivity contribution is 6.30. The van der Waals surface area contributed by atoms with Gasteiger partial charge in [0.2, 0.25) is 0 Å². The molecule has 0 amide bonds. The van der Waals surface area contributed by atoms with E-state index in [0.29, 0.717) is 22.6 Å². The standard InChI is InChI=1S/C16H21ClO2/c1-11-12(2)16(11,3)8-5-9-19-15(18)13-6-4-7-14(17)10-13/h4,6-7,10-12H,5,8-9H2,1-3H3. The highest BCUT2D eigenvalue weighted by atomic mass is 35.5. The van der Waals surface area contributed by atoms with Crippen molar-refractivity contribution < 1.29 is 9.53 Å². The number of halogens is 1. The molecule has 0 aromatic heterocycles. The van der Waals surface area contributed by atoms with Crippen LogP contribution in [0, 0.1) is 17.3 Å². The molecule has 2 unspecified atom stereocenters. The van der Waals surface area contributed by atoms with Crippen LogP contribution >= 0.6 is 11.6 Å². The number of ether oxygens (including phenoxy) is 1. The van der Waals surface area contributed by atoms with Crippen LogP contribution in [0.15, 0.2) is 24.3 Å². The molecule has 1 aromatic rings. The van der Waals surface area contributed by atoms with Crippen molar-refractivity contribution in [1.29, 1.82) is 0 Å². The summed E-state index contributed by atoms with van der Waals surface area (Å²) in [6.45, 7) is 7.40. The lowest BCUT2D eigenvalue weighted by atomic mass is 9.99. The Kier molecular flexibility index (Phi) is 4.19. The predicted octanol–water partition coefficient (Wildman–Crippen LogP) is 4.57. The molecule has 0 aliphatic heterocycles. The van der Waals surface area contributed by atoms with Crippen molar-refractivity contribution in [3.8, 4) is 0 Å². The molecule has 3 heteroatoms. The molecule has 2 atom stereocenters. The van der Waals surface area contributed by atoms with Gasteiger partial charge in [-0.25, -0.2) is 4.79 Å². The minimum atomic E-state index is -0.287. The average Bonchev–Trinajstić information content (AvgIpc) is 2.86. The highest BCUT2D eigenvalue weighted by Gasteiger charge is 2.54. The molecular formula is C16H21ClO2.